The van der Waals surface area contributed by atoms with Gasteiger partial charge < -0.3 is 4.90 Å². The lowest BCUT2D eigenvalue weighted by molar-refractivity contribution is -0.118. The second-order valence-electron chi connectivity index (χ2n) is 8.65. The Morgan fingerprint density at radius 3 is 2.73 bits per heavy atom. The van der Waals surface area contributed by atoms with Gasteiger partial charge in [-0.1, -0.05) is 13.8 Å². The summed E-state index contributed by atoms with van der Waals surface area (Å²) in [7, 11) is -0.659. The first kappa shape index (κ1) is 24.8. The van der Waals surface area contributed by atoms with Crippen LogP contribution in [0.1, 0.15) is 43.0 Å². The van der Waals surface area contributed by atoms with Gasteiger partial charge in [-0.25, -0.2) is 14.1 Å². The molecule has 1 aromatic heterocycles. The molecule has 1 saturated heterocycles. The predicted molar refractivity (Wildman–Crippen MR) is 123 cm³/mol. The van der Waals surface area contributed by atoms with Crippen LogP contribution in [0.15, 0.2) is 30.5 Å². The van der Waals surface area contributed by atoms with Crippen molar-refractivity contribution in [3.63, 3.8) is 0 Å². The fraction of sp³-hybridized carbons (Fsp3) is 0.435. The standard InChI is InChI=1S/C23H28FN5O3S/c1-15(2)20-10-17(24)11-21(16-5-7-26-18(9-16)13-25)22(20)12-23(30)27-33(31,32)29(4)19-6-8-28(3)14-19/h5,7,9-11,15,19H,6,8,12,14H2,1-4H3,(H,27,30). The average Bonchev–Trinajstić information content (AvgIpc) is 3.19. The van der Waals surface area contributed by atoms with Crippen LogP contribution in [-0.2, 0) is 21.4 Å². The third-order valence-corrected chi connectivity index (χ3v) is 7.44. The van der Waals surface area contributed by atoms with E-state index in [9.17, 15) is 22.9 Å². The summed E-state index contributed by atoms with van der Waals surface area (Å²) >= 11 is 0. The van der Waals surface area contributed by atoms with Gasteiger partial charge in [0.2, 0.25) is 5.91 Å². The van der Waals surface area contributed by atoms with Gasteiger partial charge in [0.05, 0.1) is 6.42 Å². The molecule has 0 radical (unpaired) electrons. The van der Waals surface area contributed by atoms with Crippen LogP contribution in [0.25, 0.3) is 11.1 Å². The molecular weight excluding hydrogens is 445 g/mol. The molecule has 176 valence electrons. The number of nitrogens with one attached hydrogen (secondary N) is 1. The van der Waals surface area contributed by atoms with Gasteiger partial charge in [-0.2, -0.15) is 18.0 Å². The van der Waals surface area contributed by atoms with Crippen LogP contribution in [0.2, 0.25) is 0 Å². The van der Waals surface area contributed by atoms with Crippen molar-refractivity contribution in [3.05, 3.63) is 53.1 Å². The Balaban J connectivity index is 1.93. The zero-order valence-corrected chi connectivity index (χ0v) is 20.0. The minimum Gasteiger partial charge on any atom is -0.305 e. The summed E-state index contributed by atoms with van der Waals surface area (Å²) in [4.78, 5) is 18.9. The van der Waals surface area contributed by atoms with Crippen molar-refractivity contribution in [1.29, 1.82) is 5.26 Å². The fourth-order valence-corrected chi connectivity index (χ4v) is 5.17. The molecular formula is C23H28FN5O3S. The van der Waals surface area contributed by atoms with E-state index in [2.05, 4.69) is 9.71 Å². The first-order chi connectivity index (χ1) is 15.5. The molecule has 0 aliphatic carbocycles. The van der Waals surface area contributed by atoms with E-state index in [0.29, 0.717) is 35.2 Å². The maximum absolute atomic E-state index is 14.5. The number of likely N-dealkylation sites (tertiary alicyclic amines) is 1. The number of carbonyl (C=O) groups is 1. The number of benzene rings is 1. The fourth-order valence-electron chi connectivity index (χ4n) is 4.10. The van der Waals surface area contributed by atoms with Gasteiger partial charge in [0.25, 0.3) is 0 Å². The molecule has 1 unspecified atom stereocenters. The molecule has 2 heterocycles. The first-order valence-electron chi connectivity index (χ1n) is 10.7. The van der Waals surface area contributed by atoms with Crippen molar-refractivity contribution in [2.45, 2.75) is 38.6 Å². The van der Waals surface area contributed by atoms with Gasteiger partial charge in [0.1, 0.15) is 17.6 Å². The number of halogens is 1. The Hall–Kier alpha value is -2.87. The molecule has 0 saturated carbocycles. The van der Waals surface area contributed by atoms with Gasteiger partial charge >= 0.3 is 10.2 Å². The first-order valence-corrected chi connectivity index (χ1v) is 12.1. The predicted octanol–water partition coefficient (Wildman–Crippen LogP) is 2.42. The lowest BCUT2D eigenvalue weighted by Gasteiger charge is -2.24. The van der Waals surface area contributed by atoms with Crippen molar-refractivity contribution in [2.75, 3.05) is 27.2 Å². The number of nitriles is 1. The molecule has 2 aromatic rings. The van der Waals surface area contributed by atoms with Crippen molar-refractivity contribution >= 4 is 16.1 Å². The number of carbonyl (C=O) groups excluding carboxylic acids is 1. The van der Waals surface area contributed by atoms with Crippen molar-refractivity contribution in [3.8, 4) is 17.2 Å². The molecule has 1 atom stereocenters. The maximum Gasteiger partial charge on any atom is 0.303 e. The molecule has 1 aromatic carbocycles. The van der Waals surface area contributed by atoms with Gasteiger partial charge in [-0.15, -0.1) is 0 Å². The summed E-state index contributed by atoms with van der Waals surface area (Å²) in [6.45, 7) is 5.11. The third kappa shape index (κ3) is 5.74. The van der Waals surface area contributed by atoms with Crippen LogP contribution < -0.4 is 4.72 Å². The van der Waals surface area contributed by atoms with E-state index in [1.807, 2.05) is 31.9 Å². The second kappa shape index (κ2) is 9.95. The lowest BCUT2D eigenvalue weighted by atomic mass is 9.88. The number of hydrogen-bond donors (Lipinski definition) is 1. The highest BCUT2D eigenvalue weighted by molar-refractivity contribution is 7.87. The highest BCUT2D eigenvalue weighted by atomic mass is 32.2. The minimum atomic E-state index is -4.04. The molecule has 10 heteroatoms. The van der Waals surface area contributed by atoms with Gasteiger partial charge in [0.15, 0.2) is 0 Å². The third-order valence-electron chi connectivity index (χ3n) is 5.90. The van der Waals surface area contributed by atoms with Gasteiger partial charge in [0, 0.05) is 25.8 Å². The van der Waals surface area contributed by atoms with E-state index in [-0.39, 0.29) is 24.1 Å². The van der Waals surface area contributed by atoms with Crippen LogP contribution in [0.5, 0.6) is 0 Å². The van der Waals surface area contributed by atoms with Crippen LogP contribution >= 0.6 is 0 Å². The van der Waals surface area contributed by atoms with Gasteiger partial charge in [-0.3, -0.25) is 4.79 Å². The normalized spacial score (nSPS) is 16.8. The summed E-state index contributed by atoms with van der Waals surface area (Å²) in [6.07, 6.45) is 1.87. The average molecular weight is 474 g/mol. The molecule has 1 amide bonds. The van der Waals surface area contributed by atoms with Crippen LogP contribution in [-0.4, -0.2) is 61.7 Å². The van der Waals surface area contributed by atoms with Crippen LogP contribution in [0, 0.1) is 17.1 Å². The number of pyridine rings is 1. The molecule has 0 bridgehead atoms. The summed E-state index contributed by atoms with van der Waals surface area (Å²) in [5.74, 6) is -1.31. The van der Waals surface area contributed by atoms with Crippen molar-refractivity contribution in [2.24, 2.45) is 0 Å². The van der Waals surface area contributed by atoms with E-state index >= 15 is 0 Å². The summed E-state index contributed by atoms with van der Waals surface area (Å²) in [6, 6.07) is 7.53. The van der Waals surface area contributed by atoms with E-state index in [4.69, 9.17) is 0 Å². The highest BCUT2D eigenvalue weighted by Gasteiger charge is 2.32. The molecule has 3 rings (SSSR count). The number of amides is 1. The monoisotopic (exact) mass is 473 g/mol. The molecule has 1 fully saturated rings. The van der Waals surface area contributed by atoms with E-state index in [1.165, 1.54) is 35.7 Å². The Morgan fingerprint density at radius 1 is 1.39 bits per heavy atom. The van der Waals surface area contributed by atoms with Crippen molar-refractivity contribution < 1.29 is 17.6 Å². The quantitative estimate of drug-likeness (QED) is 0.662. The summed E-state index contributed by atoms with van der Waals surface area (Å²) < 4.78 is 43.4. The maximum atomic E-state index is 14.5. The Labute approximate surface area is 194 Å². The summed E-state index contributed by atoms with van der Waals surface area (Å²) in [5, 5.41) is 9.18. The van der Waals surface area contributed by atoms with Gasteiger partial charge in [-0.05, 0) is 72.5 Å². The molecule has 8 nitrogen and oxygen atoms in total. The van der Waals surface area contributed by atoms with E-state index in [0.717, 1.165) is 6.54 Å². The number of aromatic nitrogens is 1. The number of nitrogens with zero attached hydrogens (tertiary/aromatic N) is 4. The molecule has 1 N–H and O–H groups in total. The lowest BCUT2D eigenvalue weighted by Crippen LogP contribution is -2.47. The Kier molecular flexibility index (Phi) is 7.47. The van der Waals surface area contributed by atoms with Crippen LogP contribution in [0.4, 0.5) is 4.39 Å². The second-order valence-corrected chi connectivity index (χ2v) is 10.4. The largest absolute Gasteiger partial charge is 0.305 e. The topological polar surface area (TPSA) is 106 Å². The van der Waals surface area contributed by atoms with E-state index in [1.54, 1.807) is 6.07 Å². The Bertz CT molecular complexity index is 1190. The number of likely N-dealkylation sites (N-methyl/N-ethyl adjacent to an activating group) is 2. The van der Waals surface area contributed by atoms with Crippen LogP contribution in [0.3, 0.4) is 0 Å². The molecule has 1 aliphatic rings. The number of rotatable bonds is 7. The SMILES string of the molecule is CC(C)c1cc(F)cc(-c2ccnc(C#N)c2)c1CC(=O)NS(=O)(=O)N(C)C1CCN(C)C1. The molecule has 0 spiro atoms. The highest BCUT2D eigenvalue weighted by Crippen LogP contribution is 2.32. The summed E-state index contributed by atoms with van der Waals surface area (Å²) in [5.41, 5.74) is 2.22. The van der Waals surface area contributed by atoms with E-state index < -0.39 is 21.9 Å². The minimum absolute atomic E-state index is 0.118. The van der Waals surface area contributed by atoms with Crippen molar-refractivity contribution in [1.82, 2.24) is 18.9 Å². The molecule has 1 aliphatic heterocycles. The zero-order chi connectivity index (χ0) is 24.3. The smallest absolute Gasteiger partial charge is 0.303 e. The Morgan fingerprint density at radius 2 is 2.12 bits per heavy atom. The molecule has 33 heavy (non-hydrogen) atoms. The zero-order valence-electron chi connectivity index (χ0n) is 19.2. The number of hydrogen-bond acceptors (Lipinski definition) is 6.